The Morgan fingerprint density at radius 3 is 2.60 bits per heavy atom. The molecule has 0 saturated carbocycles. The molecule has 0 fully saturated rings. The molecule has 0 unspecified atom stereocenters. The predicted molar refractivity (Wildman–Crippen MR) is 40.8 cm³/mol. The minimum Gasteiger partial charge on any atom is -0.505 e. The predicted octanol–water partition coefficient (Wildman–Crippen LogP) is 2.95. The van der Waals surface area contributed by atoms with Gasteiger partial charge in [0.2, 0.25) is 0 Å². The minimum atomic E-state index is -0.477. The van der Waals surface area contributed by atoms with Gasteiger partial charge in [0.05, 0.1) is 9.50 Å². The maximum atomic E-state index is 12.4. The van der Waals surface area contributed by atoms with Crippen LogP contribution in [0.25, 0.3) is 0 Å². The highest BCUT2D eigenvalue weighted by Crippen LogP contribution is 2.32. The largest absolute Gasteiger partial charge is 0.505 e. The zero-order valence-corrected chi connectivity index (χ0v) is 7.08. The van der Waals surface area contributed by atoms with Crippen molar-refractivity contribution in [2.24, 2.45) is 0 Å². The van der Waals surface area contributed by atoms with E-state index in [1.165, 1.54) is 0 Å². The maximum Gasteiger partial charge on any atom is 0.148 e. The third kappa shape index (κ3) is 1.41. The van der Waals surface area contributed by atoms with Crippen LogP contribution >= 0.6 is 27.5 Å². The second kappa shape index (κ2) is 2.76. The lowest BCUT2D eigenvalue weighted by Gasteiger charge is -1.97. The molecular weight excluding hydrogens is 222 g/mol. The van der Waals surface area contributed by atoms with Gasteiger partial charge in [0, 0.05) is 0 Å². The molecule has 0 atom stereocenters. The smallest absolute Gasteiger partial charge is 0.148 e. The van der Waals surface area contributed by atoms with E-state index in [-0.39, 0.29) is 15.2 Å². The molecule has 10 heavy (non-hydrogen) atoms. The van der Waals surface area contributed by atoms with Gasteiger partial charge in [-0.2, -0.15) is 0 Å². The Hall–Kier alpha value is -0.280. The van der Waals surface area contributed by atoms with Crippen molar-refractivity contribution in [1.29, 1.82) is 0 Å². The maximum absolute atomic E-state index is 12.4. The van der Waals surface area contributed by atoms with Gasteiger partial charge in [0.1, 0.15) is 11.6 Å². The van der Waals surface area contributed by atoms with Gasteiger partial charge in [-0.1, -0.05) is 11.6 Å². The van der Waals surface area contributed by atoms with Gasteiger partial charge in [0.15, 0.2) is 0 Å². The Kier molecular flexibility index (Phi) is 2.16. The third-order valence-corrected chi connectivity index (χ3v) is 1.87. The van der Waals surface area contributed by atoms with Crippen molar-refractivity contribution in [1.82, 2.24) is 0 Å². The molecule has 1 N–H and O–H groups in total. The quantitative estimate of drug-likeness (QED) is 0.720. The summed E-state index contributed by atoms with van der Waals surface area (Å²) in [4.78, 5) is 0. The van der Waals surface area contributed by atoms with Crippen LogP contribution in [-0.4, -0.2) is 5.11 Å². The van der Waals surface area contributed by atoms with Gasteiger partial charge in [0.25, 0.3) is 0 Å². The zero-order chi connectivity index (χ0) is 7.72. The van der Waals surface area contributed by atoms with Crippen LogP contribution in [-0.2, 0) is 0 Å². The van der Waals surface area contributed by atoms with Crippen LogP contribution in [0.2, 0.25) is 5.02 Å². The fourth-order valence-corrected chi connectivity index (χ4v) is 1.29. The first kappa shape index (κ1) is 7.82. The van der Waals surface area contributed by atoms with Crippen LogP contribution in [0.5, 0.6) is 5.75 Å². The van der Waals surface area contributed by atoms with E-state index in [2.05, 4.69) is 15.9 Å². The second-order valence-corrected chi connectivity index (χ2v) is 2.98. The van der Waals surface area contributed by atoms with Crippen molar-refractivity contribution < 1.29 is 9.50 Å². The van der Waals surface area contributed by atoms with Crippen LogP contribution in [0, 0.1) is 5.82 Å². The second-order valence-electron chi connectivity index (χ2n) is 1.72. The Morgan fingerprint density at radius 2 is 2.10 bits per heavy atom. The van der Waals surface area contributed by atoms with Gasteiger partial charge >= 0.3 is 0 Å². The SMILES string of the molecule is Oc1c(Cl)cc(F)cc1Br. The number of aromatic hydroxyl groups is 1. The number of hydrogen-bond acceptors (Lipinski definition) is 1. The van der Waals surface area contributed by atoms with E-state index >= 15 is 0 Å². The average Bonchev–Trinajstić information content (AvgIpc) is 1.82. The standard InChI is InChI=1S/C6H3BrClFO/c7-4-1-3(9)2-5(8)6(4)10/h1-2,10H. The summed E-state index contributed by atoms with van der Waals surface area (Å²) in [6.07, 6.45) is 0. The molecular formula is C6H3BrClFO. The molecule has 0 amide bonds. The van der Waals surface area contributed by atoms with E-state index < -0.39 is 5.82 Å². The highest BCUT2D eigenvalue weighted by atomic mass is 79.9. The van der Waals surface area contributed by atoms with Gasteiger partial charge < -0.3 is 5.11 Å². The summed E-state index contributed by atoms with van der Waals surface area (Å²) < 4.78 is 12.6. The van der Waals surface area contributed by atoms with E-state index in [0.29, 0.717) is 0 Å². The summed E-state index contributed by atoms with van der Waals surface area (Å²) in [6, 6.07) is 2.18. The van der Waals surface area contributed by atoms with Crippen LogP contribution in [0.3, 0.4) is 0 Å². The lowest BCUT2D eigenvalue weighted by atomic mass is 10.3. The fraction of sp³-hybridized carbons (Fsp3) is 0. The number of hydrogen-bond donors (Lipinski definition) is 1. The minimum absolute atomic E-state index is 0.00637. The van der Waals surface area contributed by atoms with E-state index in [0.717, 1.165) is 12.1 Å². The molecule has 0 radical (unpaired) electrons. The molecule has 0 aliphatic heterocycles. The Balaban J connectivity index is 3.31. The normalized spacial score (nSPS) is 9.90. The Bertz CT molecular complexity index is 241. The van der Waals surface area contributed by atoms with Crippen molar-refractivity contribution in [3.63, 3.8) is 0 Å². The molecule has 1 aromatic rings. The number of rotatable bonds is 0. The van der Waals surface area contributed by atoms with Gasteiger partial charge in [-0.3, -0.25) is 0 Å². The molecule has 0 aliphatic rings. The molecule has 0 spiro atoms. The van der Waals surface area contributed by atoms with Crippen molar-refractivity contribution in [2.75, 3.05) is 0 Å². The molecule has 1 rings (SSSR count). The third-order valence-electron chi connectivity index (χ3n) is 0.982. The van der Waals surface area contributed by atoms with Crippen LogP contribution in [0.4, 0.5) is 4.39 Å². The molecule has 0 aromatic heterocycles. The van der Waals surface area contributed by atoms with E-state index in [1.807, 2.05) is 0 Å². The molecule has 1 nitrogen and oxygen atoms in total. The summed E-state index contributed by atoms with van der Waals surface area (Å²) in [5.74, 6) is -0.613. The van der Waals surface area contributed by atoms with Crippen molar-refractivity contribution in [3.05, 3.63) is 27.4 Å². The number of benzene rings is 1. The zero-order valence-electron chi connectivity index (χ0n) is 4.74. The Labute approximate surface area is 70.6 Å². The number of halogens is 3. The van der Waals surface area contributed by atoms with Crippen molar-refractivity contribution in [2.45, 2.75) is 0 Å². The lowest BCUT2D eigenvalue weighted by molar-refractivity contribution is 0.469. The molecule has 0 saturated heterocycles. The van der Waals surface area contributed by atoms with Gasteiger partial charge in [-0.15, -0.1) is 0 Å². The molecule has 0 bridgehead atoms. The van der Waals surface area contributed by atoms with E-state index in [4.69, 9.17) is 16.7 Å². The molecule has 54 valence electrons. The molecule has 0 heterocycles. The monoisotopic (exact) mass is 224 g/mol. The first-order chi connectivity index (χ1) is 4.61. The first-order valence-electron chi connectivity index (χ1n) is 2.45. The molecule has 4 heteroatoms. The summed E-state index contributed by atoms with van der Waals surface area (Å²) in [5.41, 5.74) is 0. The van der Waals surface area contributed by atoms with Crippen molar-refractivity contribution >= 4 is 27.5 Å². The molecule has 1 aromatic carbocycles. The first-order valence-corrected chi connectivity index (χ1v) is 3.62. The van der Waals surface area contributed by atoms with Crippen LogP contribution in [0.1, 0.15) is 0 Å². The number of phenols is 1. The average molecular weight is 225 g/mol. The summed E-state index contributed by atoms with van der Waals surface area (Å²) in [7, 11) is 0. The summed E-state index contributed by atoms with van der Waals surface area (Å²) >= 11 is 8.32. The lowest BCUT2D eigenvalue weighted by Crippen LogP contribution is -1.75. The topological polar surface area (TPSA) is 20.2 Å². The van der Waals surface area contributed by atoms with E-state index in [9.17, 15) is 4.39 Å². The fourth-order valence-electron chi connectivity index (χ4n) is 0.535. The Morgan fingerprint density at radius 1 is 1.50 bits per heavy atom. The summed E-state index contributed by atoms with van der Waals surface area (Å²) in [5, 5.41) is 8.99. The molecule has 0 aliphatic carbocycles. The van der Waals surface area contributed by atoms with Gasteiger partial charge in [-0.25, -0.2) is 4.39 Å². The van der Waals surface area contributed by atoms with Gasteiger partial charge in [-0.05, 0) is 28.1 Å². The number of phenolic OH excluding ortho intramolecular Hbond substituents is 1. The summed E-state index contributed by atoms with van der Waals surface area (Å²) in [6.45, 7) is 0. The van der Waals surface area contributed by atoms with Crippen LogP contribution < -0.4 is 0 Å². The highest BCUT2D eigenvalue weighted by molar-refractivity contribution is 9.10. The van der Waals surface area contributed by atoms with Crippen LogP contribution in [0.15, 0.2) is 16.6 Å². The van der Waals surface area contributed by atoms with Crippen molar-refractivity contribution in [3.8, 4) is 5.75 Å². The van der Waals surface area contributed by atoms with E-state index in [1.54, 1.807) is 0 Å². The highest BCUT2D eigenvalue weighted by Gasteiger charge is 2.04.